The molecule has 0 unspecified atom stereocenters. The quantitative estimate of drug-likeness (QED) is 0.867. The molecule has 19 heavy (non-hydrogen) atoms. The average Bonchev–Trinajstić information content (AvgIpc) is 2.63. The third kappa shape index (κ3) is 3.00. The second-order valence-electron chi connectivity index (χ2n) is 4.62. The Balaban J connectivity index is 2.14. The predicted octanol–water partition coefficient (Wildman–Crippen LogP) is 4.64. The molecule has 1 aromatic heterocycles. The van der Waals surface area contributed by atoms with E-state index in [4.69, 9.17) is 0 Å². The molecule has 2 aromatic rings. The summed E-state index contributed by atoms with van der Waals surface area (Å²) in [5.41, 5.74) is 4.23. The molecule has 0 atom stereocenters. The zero-order valence-electron chi connectivity index (χ0n) is 11.4. The standard InChI is InChI=1S/C15H18BrFN2/c1-4-19-10(2)7-12(11(19)3)9-18-15-6-5-13(16)8-14(15)17/h5-8,18H,4,9H2,1-3H3. The minimum atomic E-state index is -0.237. The molecular weight excluding hydrogens is 307 g/mol. The molecule has 2 nitrogen and oxygen atoms in total. The summed E-state index contributed by atoms with van der Waals surface area (Å²) in [6, 6.07) is 7.21. The van der Waals surface area contributed by atoms with Crippen molar-refractivity contribution in [2.45, 2.75) is 33.9 Å². The lowest BCUT2D eigenvalue weighted by molar-refractivity contribution is 0.629. The summed E-state index contributed by atoms with van der Waals surface area (Å²) >= 11 is 3.26. The molecule has 1 N–H and O–H groups in total. The molecular formula is C15H18BrFN2. The Labute approximate surface area is 121 Å². The Morgan fingerprint density at radius 1 is 1.26 bits per heavy atom. The lowest BCUT2D eigenvalue weighted by atomic mass is 10.2. The lowest BCUT2D eigenvalue weighted by Gasteiger charge is -2.09. The molecule has 0 fully saturated rings. The largest absolute Gasteiger partial charge is 0.379 e. The van der Waals surface area contributed by atoms with Crippen LogP contribution in [0.3, 0.4) is 0 Å². The highest BCUT2D eigenvalue weighted by atomic mass is 79.9. The number of hydrogen-bond donors (Lipinski definition) is 1. The molecule has 1 heterocycles. The second kappa shape index (κ2) is 5.78. The number of halogens is 2. The van der Waals surface area contributed by atoms with E-state index < -0.39 is 0 Å². The second-order valence-corrected chi connectivity index (χ2v) is 5.53. The fourth-order valence-electron chi connectivity index (χ4n) is 2.36. The number of rotatable bonds is 4. The minimum absolute atomic E-state index is 0.237. The van der Waals surface area contributed by atoms with Crippen LogP contribution in [0.5, 0.6) is 0 Å². The van der Waals surface area contributed by atoms with Gasteiger partial charge in [0.05, 0.1) is 5.69 Å². The highest BCUT2D eigenvalue weighted by Gasteiger charge is 2.08. The van der Waals surface area contributed by atoms with Gasteiger partial charge in [-0.3, -0.25) is 0 Å². The van der Waals surface area contributed by atoms with Crippen LogP contribution in [0.25, 0.3) is 0 Å². The first-order valence-corrected chi connectivity index (χ1v) is 7.16. The van der Waals surface area contributed by atoms with Crippen LogP contribution < -0.4 is 5.32 Å². The molecule has 0 aliphatic rings. The SMILES string of the molecule is CCn1c(C)cc(CNc2ccc(Br)cc2F)c1C. The molecule has 0 amide bonds. The van der Waals surface area contributed by atoms with E-state index in [9.17, 15) is 4.39 Å². The molecule has 4 heteroatoms. The van der Waals surface area contributed by atoms with E-state index in [-0.39, 0.29) is 5.82 Å². The first-order chi connectivity index (χ1) is 9.02. The van der Waals surface area contributed by atoms with Crippen LogP contribution in [0, 0.1) is 19.7 Å². The summed E-state index contributed by atoms with van der Waals surface area (Å²) < 4.78 is 16.7. The van der Waals surface area contributed by atoms with Crippen molar-refractivity contribution in [2.24, 2.45) is 0 Å². The molecule has 0 aliphatic heterocycles. The Bertz CT molecular complexity index is 590. The zero-order valence-corrected chi connectivity index (χ0v) is 13.0. The minimum Gasteiger partial charge on any atom is -0.379 e. The number of aryl methyl sites for hydroxylation is 1. The van der Waals surface area contributed by atoms with E-state index in [0.717, 1.165) is 11.0 Å². The third-order valence-corrected chi connectivity index (χ3v) is 3.89. The van der Waals surface area contributed by atoms with Gasteiger partial charge in [-0.05, 0) is 50.6 Å². The van der Waals surface area contributed by atoms with Crippen LogP contribution >= 0.6 is 15.9 Å². The summed E-state index contributed by atoms with van der Waals surface area (Å²) in [7, 11) is 0. The summed E-state index contributed by atoms with van der Waals surface area (Å²) in [5, 5.41) is 3.15. The Hall–Kier alpha value is -1.29. The molecule has 2 rings (SSSR count). The van der Waals surface area contributed by atoms with Gasteiger partial charge in [0, 0.05) is 29.0 Å². The van der Waals surface area contributed by atoms with E-state index in [1.165, 1.54) is 23.0 Å². The average molecular weight is 325 g/mol. The van der Waals surface area contributed by atoms with Gasteiger partial charge >= 0.3 is 0 Å². The van der Waals surface area contributed by atoms with E-state index in [0.29, 0.717) is 12.2 Å². The Morgan fingerprint density at radius 2 is 2.00 bits per heavy atom. The van der Waals surface area contributed by atoms with Crippen LogP contribution in [0.1, 0.15) is 23.9 Å². The lowest BCUT2D eigenvalue weighted by Crippen LogP contribution is -2.04. The number of anilines is 1. The summed E-state index contributed by atoms with van der Waals surface area (Å²) in [5.74, 6) is -0.237. The smallest absolute Gasteiger partial charge is 0.147 e. The zero-order chi connectivity index (χ0) is 14.0. The number of nitrogens with one attached hydrogen (secondary N) is 1. The number of aromatic nitrogens is 1. The van der Waals surface area contributed by atoms with Crippen molar-refractivity contribution < 1.29 is 4.39 Å². The van der Waals surface area contributed by atoms with Crippen molar-refractivity contribution >= 4 is 21.6 Å². The van der Waals surface area contributed by atoms with Gasteiger partial charge in [-0.2, -0.15) is 0 Å². The maximum absolute atomic E-state index is 13.7. The van der Waals surface area contributed by atoms with E-state index >= 15 is 0 Å². The van der Waals surface area contributed by atoms with Crippen molar-refractivity contribution in [3.05, 3.63) is 51.5 Å². The number of benzene rings is 1. The first-order valence-electron chi connectivity index (χ1n) is 6.37. The summed E-state index contributed by atoms with van der Waals surface area (Å²) in [4.78, 5) is 0. The Morgan fingerprint density at radius 3 is 2.58 bits per heavy atom. The monoisotopic (exact) mass is 324 g/mol. The fraction of sp³-hybridized carbons (Fsp3) is 0.333. The van der Waals surface area contributed by atoms with Crippen LogP contribution in [0.2, 0.25) is 0 Å². The van der Waals surface area contributed by atoms with Crippen LogP contribution in [0.4, 0.5) is 10.1 Å². The van der Waals surface area contributed by atoms with Crippen LogP contribution in [0.15, 0.2) is 28.7 Å². The molecule has 0 radical (unpaired) electrons. The van der Waals surface area contributed by atoms with Gasteiger partial charge in [-0.25, -0.2) is 4.39 Å². The van der Waals surface area contributed by atoms with Crippen molar-refractivity contribution in [3.63, 3.8) is 0 Å². The maximum atomic E-state index is 13.7. The Kier molecular flexibility index (Phi) is 4.30. The van der Waals surface area contributed by atoms with Gasteiger partial charge in [-0.1, -0.05) is 15.9 Å². The van der Waals surface area contributed by atoms with Crippen LogP contribution in [-0.4, -0.2) is 4.57 Å². The number of nitrogens with zero attached hydrogens (tertiary/aromatic N) is 1. The van der Waals surface area contributed by atoms with Crippen LogP contribution in [-0.2, 0) is 13.1 Å². The van der Waals surface area contributed by atoms with E-state index in [1.54, 1.807) is 6.07 Å². The highest BCUT2D eigenvalue weighted by Crippen LogP contribution is 2.21. The topological polar surface area (TPSA) is 17.0 Å². The number of hydrogen-bond acceptors (Lipinski definition) is 1. The fourth-order valence-corrected chi connectivity index (χ4v) is 2.69. The van der Waals surface area contributed by atoms with Gasteiger partial charge in [-0.15, -0.1) is 0 Å². The van der Waals surface area contributed by atoms with Crippen molar-refractivity contribution in [1.29, 1.82) is 0 Å². The van der Waals surface area contributed by atoms with Gasteiger partial charge < -0.3 is 9.88 Å². The third-order valence-electron chi connectivity index (χ3n) is 3.40. The summed E-state index contributed by atoms with van der Waals surface area (Å²) in [6.45, 7) is 7.93. The predicted molar refractivity (Wildman–Crippen MR) is 81.0 cm³/mol. The van der Waals surface area contributed by atoms with Crippen molar-refractivity contribution in [1.82, 2.24) is 4.57 Å². The van der Waals surface area contributed by atoms with E-state index in [2.05, 4.69) is 52.7 Å². The summed E-state index contributed by atoms with van der Waals surface area (Å²) in [6.07, 6.45) is 0. The van der Waals surface area contributed by atoms with Gasteiger partial charge in [0.25, 0.3) is 0 Å². The normalized spacial score (nSPS) is 10.8. The molecule has 102 valence electrons. The molecule has 0 bridgehead atoms. The van der Waals surface area contributed by atoms with Gasteiger partial charge in [0.1, 0.15) is 5.82 Å². The highest BCUT2D eigenvalue weighted by molar-refractivity contribution is 9.10. The maximum Gasteiger partial charge on any atom is 0.147 e. The van der Waals surface area contributed by atoms with E-state index in [1.807, 2.05) is 6.07 Å². The molecule has 0 aliphatic carbocycles. The molecule has 0 spiro atoms. The molecule has 0 saturated carbocycles. The molecule has 0 saturated heterocycles. The molecule has 1 aromatic carbocycles. The van der Waals surface area contributed by atoms with Gasteiger partial charge in [0.15, 0.2) is 0 Å². The first kappa shape index (κ1) is 14.1. The van der Waals surface area contributed by atoms with Gasteiger partial charge in [0.2, 0.25) is 0 Å². The van der Waals surface area contributed by atoms with Crippen molar-refractivity contribution in [3.8, 4) is 0 Å². The van der Waals surface area contributed by atoms with Crippen molar-refractivity contribution in [2.75, 3.05) is 5.32 Å².